The molecule has 0 spiro atoms. The zero-order valence-corrected chi connectivity index (χ0v) is 11.3. The first kappa shape index (κ1) is 12.6. The summed E-state index contributed by atoms with van der Waals surface area (Å²) in [6, 6.07) is 0.418. The molecule has 0 radical (unpaired) electrons. The Morgan fingerprint density at radius 1 is 1.18 bits per heavy atom. The maximum atomic E-state index is 10.0. The first-order valence-electron chi connectivity index (χ1n) is 6.54. The monoisotopic (exact) mass is 237 g/mol. The molecule has 0 saturated heterocycles. The van der Waals surface area contributed by atoms with Crippen molar-refractivity contribution in [3.05, 3.63) is 11.4 Å². The quantitative estimate of drug-likeness (QED) is 0.860. The van der Waals surface area contributed by atoms with Gasteiger partial charge in [0.25, 0.3) is 0 Å². The highest BCUT2D eigenvalue weighted by atomic mass is 16.3. The molecule has 0 atom stereocenters. The molecular weight excluding hydrogens is 214 g/mol. The van der Waals surface area contributed by atoms with Gasteiger partial charge in [0.15, 0.2) is 0 Å². The van der Waals surface area contributed by atoms with Crippen molar-refractivity contribution in [1.29, 1.82) is 0 Å². The lowest BCUT2D eigenvalue weighted by atomic mass is 9.88. The molecule has 0 bridgehead atoms. The molecule has 1 saturated carbocycles. The third-order valence-corrected chi connectivity index (χ3v) is 3.69. The van der Waals surface area contributed by atoms with E-state index in [2.05, 4.69) is 17.1 Å². The lowest BCUT2D eigenvalue weighted by Crippen LogP contribution is -2.21. The van der Waals surface area contributed by atoms with Crippen LogP contribution in [0, 0.1) is 12.8 Å². The summed E-state index contributed by atoms with van der Waals surface area (Å²) in [6.45, 7) is 7.75. The van der Waals surface area contributed by atoms with Gasteiger partial charge in [-0.15, -0.1) is 0 Å². The fraction of sp³-hybridized carbons (Fsp3) is 0.846. The van der Waals surface area contributed by atoms with Gasteiger partial charge in [0.2, 0.25) is 0 Å². The number of aliphatic hydroxyl groups is 1. The van der Waals surface area contributed by atoms with Crippen LogP contribution in [0.4, 0.5) is 0 Å². The van der Waals surface area contributed by atoms with Crippen molar-refractivity contribution in [2.24, 2.45) is 5.92 Å². The summed E-state index contributed by atoms with van der Waals surface area (Å²) in [4.78, 5) is 1.83. The Morgan fingerprint density at radius 3 is 2.24 bits per heavy atom. The maximum absolute atomic E-state index is 10.0. The molecule has 4 heteroatoms. The van der Waals surface area contributed by atoms with Gasteiger partial charge in [0.1, 0.15) is 11.3 Å². The van der Waals surface area contributed by atoms with Crippen LogP contribution in [-0.2, 0) is 5.60 Å². The number of aromatic nitrogens is 3. The summed E-state index contributed by atoms with van der Waals surface area (Å²) in [7, 11) is 0. The Morgan fingerprint density at radius 2 is 1.76 bits per heavy atom. The van der Waals surface area contributed by atoms with Crippen LogP contribution in [0.2, 0.25) is 0 Å². The SMILES string of the molecule is Cc1nn(C2CCC(C)CC2)nc1C(C)(C)O. The minimum atomic E-state index is -0.899. The molecule has 0 amide bonds. The number of hydrogen-bond acceptors (Lipinski definition) is 3. The van der Waals surface area contributed by atoms with Crippen LogP contribution in [0.25, 0.3) is 0 Å². The average Bonchev–Trinajstić information content (AvgIpc) is 2.61. The van der Waals surface area contributed by atoms with E-state index in [0.717, 1.165) is 24.5 Å². The first-order chi connectivity index (χ1) is 7.88. The van der Waals surface area contributed by atoms with Crippen molar-refractivity contribution in [3.8, 4) is 0 Å². The summed E-state index contributed by atoms with van der Waals surface area (Å²) in [6.07, 6.45) is 4.81. The average molecular weight is 237 g/mol. The van der Waals surface area contributed by atoms with Crippen molar-refractivity contribution in [2.45, 2.75) is 65.0 Å². The third-order valence-electron chi connectivity index (χ3n) is 3.69. The summed E-state index contributed by atoms with van der Waals surface area (Å²) in [5.41, 5.74) is 0.650. The zero-order chi connectivity index (χ0) is 12.6. The Hall–Kier alpha value is -0.900. The molecule has 0 unspecified atom stereocenters. The molecule has 0 aliphatic heterocycles. The van der Waals surface area contributed by atoms with E-state index in [1.54, 1.807) is 13.8 Å². The molecule has 1 heterocycles. The molecule has 1 aromatic heterocycles. The number of rotatable bonds is 2. The third kappa shape index (κ3) is 2.68. The highest BCUT2D eigenvalue weighted by Crippen LogP contribution is 2.31. The zero-order valence-electron chi connectivity index (χ0n) is 11.3. The molecule has 0 aromatic carbocycles. The van der Waals surface area contributed by atoms with Gasteiger partial charge in [-0.25, -0.2) is 0 Å². The second kappa shape index (κ2) is 4.41. The number of hydrogen-bond donors (Lipinski definition) is 1. The van der Waals surface area contributed by atoms with Crippen LogP contribution in [0.15, 0.2) is 0 Å². The van der Waals surface area contributed by atoms with Gasteiger partial charge < -0.3 is 5.11 Å². The normalized spacial score (nSPS) is 26.2. The van der Waals surface area contributed by atoms with E-state index < -0.39 is 5.60 Å². The molecule has 2 rings (SSSR count). The summed E-state index contributed by atoms with van der Waals surface area (Å²) >= 11 is 0. The molecule has 1 fully saturated rings. The Labute approximate surface area is 103 Å². The molecule has 1 aliphatic rings. The number of aryl methyl sites for hydroxylation is 1. The van der Waals surface area contributed by atoms with Gasteiger partial charge in [0, 0.05) is 0 Å². The van der Waals surface area contributed by atoms with Crippen molar-refractivity contribution >= 4 is 0 Å². The first-order valence-corrected chi connectivity index (χ1v) is 6.54. The molecule has 1 aliphatic carbocycles. The Bertz CT molecular complexity index is 384. The minimum Gasteiger partial charge on any atom is -0.384 e. The van der Waals surface area contributed by atoms with Gasteiger partial charge in [0.05, 0.1) is 11.7 Å². The van der Waals surface area contributed by atoms with Crippen LogP contribution in [0.1, 0.15) is 63.9 Å². The largest absolute Gasteiger partial charge is 0.384 e. The van der Waals surface area contributed by atoms with Gasteiger partial charge in [-0.05, 0) is 52.4 Å². The fourth-order valence-corrected chi connectivity index (χ4v) is 2.60. The highest BCUT2D eigenvalue weighted by Gasteiger charge is 2.27. The van der Waals surface area contributed by atoms with E-state index in [4.69, 9.17) is 0 Å². The van der Waals surface area contributed by atoms with Crippen molar-refractivity contribution in [1.82, 2.24) is 15.0 Å². The topological polar surface area (TPSA) is 50.9 Å². The summed E-state index contributed by atoms with van der Waals surface area (Å²) in [5, 5.41) is 19.0. The molecule has 4 nitrogen and oxygen atoms in total. The van der Waals surface area contributed by atoms with Gasteiger partial charge >= 0.3 is 0 Å². The van der Waals surface area contributed by atoms with Crippen LogP contribution in [0.5, 0.6) is 0 Å². The lowest BCUT2D eigenvalue weighted by molar-refractivity contribution is 0.0718. The standard InChI is InChI=1S/C13H23N3O/c1-9-5-7-11(8-6-9)16-14-10(2)12(15-16)13(3,4)17/h9,11,17H,5-8H2,1-4H3. The molecule has 1 N–H and O–H groups in total. The van der Waals surface area contributed by atoms with Crippen molar-refractivity contribution in [2.75, 3.05) is 0 Å². The molecular formula is C13H23N3O. The van der Waals surface area contributed by atoms with E-state index in [1.807, 2.05) is 11.7 Å². The summed E-state index contributed by atoms with van der Waals surface area (Å²) < 4.78 is 0. The van der Waals surface area contributed by atoms with Crippen LogP contribution in [-0.4, -0.2) is 20.1 Å². The van der Waals surface area contributed by atoms with Crippen LogP contribution in [0.3, 0.4) is 0 Å². The van der Waals surface area contributed by atoms with E-state index in [1.165, 1.54) is 12.8 Å². The second-order valence-corrected chi connectivity index (χ2v) is 5.93. The van der Waals surface area contributed by atoms with E-state index in [0.29, 0.717) is 11.7 Å². The van der Waals surface area contributed by atoms with Gasteiger partial charge in [-0.3, -0.25) is 0 Å². The minimum absolute atomic E-state index is 0.418. The van der Waals surface area contributed by atoms with Crippen molar-refractivity contribution < 1.29 is 5.11 Å². The van der Waals surface area contributed by atoms with Crippen LogP contribution >= 0.6 is 0 Å². The number of nitrogens with zero attached hydrogens (tertiary/aromatic N) is 3. The van der Waals surface area contributed by atoms with Gasteiger partial charge in [-0.1, -0.05) is 6.92 Å². The van der Waals surface area contributed by atoms with Crippen LogP contribution < -0.4 is 0 Å². The molecule has 96 valence electrons. The smallest absolute Gasteiger partial charge is 0.117 e. The van der Waals surface area contributed by atoms with Gasteiger partial charge in [-0.2, -0.15) is 15.0 Å². The Balaban J connectivity index is 2.18. The predicted octanol–water partition coefficient (Wildman–Crippen LogP) is 2.57. The Kier molecular flexibility index (Phi) is 3.25. The maximum Gasteiger partial charge on any atom is 0.117 e. The van der Waals surface area contributed by atoms with E-state index in [9.17, 15) is 5.11 Å². The predicted molar refractivity (Wildman–Crippen MR) is 66.7 cm³/mol. The van der Waals surface area contributed by atoms with E-state index in [-0.39, 0.29) is 0 Å². The lowest BCUT2D eigenvalue weighted by Gasteiger charge is -2.25. The molecule has 1 aromatic rings. The fourth-order valence-electron chi connectivity index (χ4n) is 2.60. The van der Waals surface area contributed by atoms with Crippen molar-refractivity contribution in [3.63, 3.8) is 0 Å². The molecule has 17 heavy (non-hydrogen) atoms. The second-order valence-electron chi connectivity index (χ2n) is 5.93. The van der Waals surface area contributed by atoms with E-state index >= 15 is 0 Å². The highest BCUT2D eigenvalue weighted by molar-refractivity contribution is 5.13. The summed E-state index contributed by atoms with van der Waals surface area (Å²) in [5.74, 6) is 0.830.